The largest absolute Gasteiger partial charge is 0.496 e. The van der Waals surface area contributed by atoms with Crippen LogP contribution in [0.4, 0.5) is 8.78 Å². The topological polar surface area (TPSA) is 18.5 Å². The maximum absolute atomic E-state index is 13.3. The van der Waals surface area contributed by atoms with Gasteiger partial charge in [-0.05, 0) is 36.1 Å². The molecule has 0 aromatic heterocycles. The van der Waals surface area contributed by atoms with Gasteiger partial charge in [-0.2, -0.15) is 0 Å². The molecule has 0 fully saturated rings. The Morgan fingerprint density at radius 3 is 2.24 bits per heavy atom. The fourth-order valence-corrected chi connectivity index (χ4v) is 2.10. The van der Waals surface area contributed by atoms with Gasteiger partial charge in [0.25, 0.3) is 0 Å². The number of hydrogen-bond acceptors (Lipinski definition) is 2. The Labute approximate surface area is 123 Å². The Morgan fingerprint density at radius 2 is 1.62 bits per heavy atom. The molecule has 0 atom stereocenters. The third-order valence-corrected chi connectivity index (χ3v) is 3.27. The fourth-order valence-electron chi connectivity index (χ4n) is 2.10. The van der Waals surface area contributed by atoms with Gasteiger partial charge < -0.3 is 9.47 Å². The van der Waals surface area contributed by atoms with Crippen LogP contribution in [0.3, 0.4) is 0 Å². The lowest BCUT2D eigenvalue weighted by Crippen LogP contribution is -1.96. The van der Waals surface area contributed by atoms with Gasteiger partial charge >= 0.3 is 0 Å². The number of hydrogen-bond donors (Lipinski definition) is 0. The Kier molecular flexibility index (Phi) is 4.46. The predicted molar refractivity (Wildman–Crippen MR) is 78.3 cm³/mol. The molecule has 2 nitrogen and oxygen atoms in total. The molecule has 2 aromatic carbocycles. The molecule has 2 rings (SSSR count). The van der Waals surface area contributed by atoms with Crippen LogP contribution in [-0.2, 0) is 0 Å². The summed E-state index contributed by atoms with van der Waals surface area (Å²) in [6, 6.07) is 7.61. The van der Waals surface area contributed by atoms with Crippen LogP contribution >= 0.6 is 0 Å². The van der Waals surface area contributed by atoms with Gasteiger partial charge in [0.2, 0.25) is 0 Å². The standard InChI is InChI=1S/C17H18F2O2/c1-10(2)13-6-5-12(8-17(13)20-4)21-16-9-15(19)14(18)7-11(16)3/h5-10H,1-4H3. The van der Waals surface area contributed by atoms with Crippen molar-refractivity contribution < 1.29 is 18.3 Å². The highest BCUT2D eigenvalue weighted by Crippen LogP contribution is 2.33. The molecule has 0 saturated carbocycles. The first-order chi connectivity index (χ1) is 9.92. The molecule has 21 heavy (non-hydrogen) atoms. The quantitative estimate of drug-likeness (QED) is 0.771. The van der Waals surface area contributed by atoms with Crippen LogP contribution in [0, 0.1) is 18.6 Å². The fraction of sp³-hybridized carbons (Fsp3) is 0.294. The third-order valence-electron chi connectivity index (χ3n) is 3.27. The van der Waals surface area contributed by atoms with Crippen molar-refractivity contribution in [1.29, 1.82) is 0 Å². The highest BCUT2D eigenvalue weighted by atomic mass is 19.2. The van der Waals surface area contributed by atoms with Crippen molar-refractivity contribution in [3.8, 4) is 17.2 Å². The van der Waals surface area contributed by atoms with Crippen LogP contribution < -0.4 is 9.47 Å². The molecule has 0 aliphatic rings. The average Bonchev–Trinajstić information content (AvgIpc) is 2.44. The second-order valence-corrected chi connectivity index (χ2v) is 5.19. The summed E-state index contributed by atoms with van der Waals surface area (Å²) in [6.07, 6.45) is 0. The van der Waals surface area contributed by atoms with Crippen LogP contribution in [0.25, 0.3) is 0 Å². The van der Waals surface area contributed by atoms with E-state index in [4.69, 9.17) is 9.47 Å². The minimum Gasteiger partial charge on any atom is -0.496 e. The van der Waals surface area contributed by atoms with E-state index in [1.807, 2.05) is 6.07 Å². The van der Waals surface area contributed by atoms with Crippen LogP contribution in [-0.4, -0.2) is 7.11 Å². The highest BCUT2D eigenvalue weighted by molar-refractivity contribution is 5.45. The zero-order chi connectivity index (χ0) is 15.6. The summed E-state index contributed by atoms with van der Waals surface area (Å²) in [5.41, 5.74) is 1.59. The number of methoxy groups -OCH3 is 1. The Balaban J connectivity index is 2.34. The summed E-state index contributed by atoms with van der Waals surface area (Å²) in [5, 5.41) is 0. The van der Waals surface area contributed by atoms with Gasteiger partial charge in [-0.25, -0.2) is 8.78 Å². The SMILES string of the molecule is COc1cc(Oc2cc(F)c(F)cc2C)ccc1C(C)C. The molecule has 0 N–H and O–H groups in total. The summed E-state index contributed by atoms with van der Waals surface area (Å²) >= 11 is 0. The first-order valence-electron chi connectivity index (χ1n) is 6.73. The maximum atomic E-state index is 13.3. The van der Waals surface area contributed by atoms with Gasteiger partial charge in [0, 0.05) is 12.1 Å². The van der Waals surface area contributed by atoms with Gasteiger partial charge in [-0.3, -0.25) is 0 Å². The molecule has 2 aromatic rings. The normalized spacial score (nSPS) is 10.8. The second kappa shape index (κ2) is 6.12. The van der Waals surface area contributed by atoms with E-state index in [-0.39, 0.29) is 5.75 Å². The monoisotopic (exact) mass is 292 g/mol. The van der Waals surface area contributed by atoms with Crippen LogP contribution in [0.2, 0.25) is 0 Å². The van der Waals surface area contributed by atoms with Crippen molar-refractivity contribution in [2.75, 3.05) is 7.11 Å². The molecule has 0 aliphatic heterocycles. The molecule has 0 heterocycles. The van der Waals surface area contributed by atoms with Gasteiger partial charge in [-0.1, -0.05) is 19.9 Å². The first-order valence-corrected chi connectivity index (χ1v) is 6.73. The molecule has 4 heteroatoms. The summed E-state index contributed by atoms with van der Waals surface area (Å²) in [7, 11) is 1.59. The average molecular weight is 292 g/mol. The molecule has 0 spiro atoms. The van der Waals surface area contributed by atoms with Crippen molar-refractivity contribution in [3.05, 3.63) is 53.1 Å². The summed E-state index contributed by atoms with van der Waals surface area (Å²) in [4.78, 5) is 0. The number of rotatable bonds is 4. The molecule has 0 radical (unpaired) electrons. The van der Waals surface area contributed by atoms with Gasteiger partial charge in [0.05, 0.1) is 7.11 Å². The number of ether oxygens (including phenoxy) is 2. The Morgan fingerprint density at radius 1 is 0.952 bits per heavy atom. The molecular formula is C17H18F2O2. The van der Waals surface area contributed by atoms with E-state index in [0.29, 0.717) is 23.0 Å². The van der Waals surface area contributed by atoms with Crippen molar-refractivity contribution in [2.24, 2.45) is 0 Å². The van der Waals surface area contributed by atoms with Crippen LogP contribution in [0.15, 0.2) is 30.3 Å². The van der Waals surface area contributed by atoms with E-state index in [1.165, 1.54) is 0 Å². The zero-order valence-electron chi connectivity index (χ0n) is 12.5. The van der Waals surface area contributed by atoms with Crippen LogP contribution in [0.5, 0.6) is 17.2 Å². The second-order valence-electron chi connectivity index (χ2n) is 5.19. The zero-order valence-corrected chi connectivity index (χ0v) is 12.5. The smallest absolute Gasteiger partial charge is 0.162 e. The maximum Gasteiger partial charge on any atom is 0.162 e. The molecule has 0 amide bonds. The molecule has 112 valence electrons. The lowest BCUT2D eigenvalue weighted by molar-refractivity contribution is 0.401. The lowest BCUT2D eigenvalue weighted by Gasteiger charge is -2.14. The molecular weight excluding hydrogens is 274 g/mol. The minimum atomic E-state index is -0.929. The van der Waals surface area contributed by atoms with Crippen molar-refractivity contribution in [2.45, 2.75) is 26.7 Å². The first kappa shape index (κ1) is 15.3. The Hall–Kier alpha value is -2.10. The van der Waals surface area contributed by atoms with Crippen molar-refractivity contribution in [3.63, 3.8) is 0 Å². The predicted octanol–water partition coefficient (Wildman–Crippen LogP) is 5.20. The number of benzene rings is 2. The van der Waals surface area contributed by atoms with E-state index < -0.39 is 11.6 Å². The van der Waals surface area contributed by atoms with Gasteiger partial charge in [0.1, 0.15) is 17.2 Å². The van der Waals surface area contributed by atoms with Crippen molar-refractivity contribution >= 4 is 0 Å². The molecule has 0 bridgehead atoms. The van der Waals surface area contributed by atoms with E-state index in [9.17, 15) is 8.78 Å². The van der Waals surface area contributed by atoms with Gasteiger partial charge in [-0.15, -0.1) is 0 Å². The highest BCUT2D eigenvalue weighted by Gasteiger charge is 2.12. The van der Waals surface area contributed by atoms with Gasteiger partial charge in [0.15, 0.2) is 11.6 Å². The number of halogens is 2. The molecule has 0 unspecified atom stereocenters. The summed E-state index contributed by atoms with van der Waals surface area (Å²) in [6.45, 7) is 5.80. The van der Waals surface area contributed by atoms with Crippen LogP contribution in [0.1, 0.15) is 30.9 Å². The molecule has 0 saturated heterocycles. The van der Waals surface area contributed by atoms with Crippen molar-refractivity contribution in [1.82, 2.24) is 0 Å². The van der Waals surface area contributed by atoms with E-state index >= 15 is 0 Å². The summed E-state index contributed by atoms with van der Waals surface area (Å²) in [5.74, 6) is 0.0225. The minimum absolute atomic E-state index is 0.285. The van der Waals surface area contributed by atoms with E-state index in [0.717, 1.165) is 17.7 Å². The third kappa shape index (κ3) is 3.32. The number of aryl methyl sites for hydroxylation is 1. The van der Waals surface area contributed by atoms with E-state index in [2.05, 4.69) is 13.8 Å². The van der Waals surface area contributed by atoms with E-state index in [1.54, 1.807) is 26.2 Å². The summed E-state index contributed by atoms with van der Waals surface area (Å²) < 4.78 is 37.4. The molecule has 0 aliphatic carbocycles. The Bertz CT molecular complexity index is 651. The lowest BCUT2D eigenvalue weighted by atomic mass is 10.0.